The van der Waals surface area contributed by atoms with Gasteiger partial charge in [-0.2, -0.15) is 9.78 Å². The number of aromatic carboxylic acids is 1. The highest BCUT2D eigenvalue weighted by Gasteiger charge is 2.16. The number of fused-ring (bicyclic) bond motifs is 2. The normalized spacial score (nSPS) is 11.4. The van der Waals surface area contributed by atoms with E-state index in [1.807, 2.05) is 54.6 Å². The SMILES string of the molecule is O=C(O)c1cccc(COc2ccc(C=Nn3c(-c4cc5ccccc5o4)nc4ccccc4c3=O)cc2)c1. The molecule has 2 heterocycles. The molecule has 8 heteroatoms. The maximum Gasteiger partial charge on any atom is 0.335 e. The zero-order valence-corrected chi connectivity index (χ0v) is 20.5. The molecular formula is C31H21N3O5. The molecule has 0 radical (unpaired) electrons. The average Bonchev–Trinajstić information content (AvgIpc) is 3.40. The van der Waals surface area contributed by atoms with Crippen LogP contribution in [-0.2, 0) is 6.61 Å². The van der Waals surface area contributed by atoms with Gasteiger partial charge in [0.1, 0.15) is 17.9 Å². The number of hydrogen-bond donors (Lipinski definition) is 1. The third-order valence-corrected chi connectivity index (χ3v) is 6.18. The molecule has 190 valence electrons. The van der Waals surface area contributed by atoms with E-state index in [2.05, 4.69) is 5.10 Å². The number of rotatable bonds is 7. The van der Waals surface area contributed by atoms with E-state index in [9.17, 15) is 9.59 Å². The molecule has 39 heavy (non-hydrogen) atoms. The van der Waals surface area contributed by atoms with Crippen LogP contribution in [-0.4, -0.2) is 27.0 Å². The van der Waals surface area contributed by atoms with Gasteiger partial charge >= 0.3 is 5.97 Å². The van der Waals surface area contributed by atoms with Gasteiger partial charge in [0, 0.05) is 5.39 Å². The number of benzene rings is 4. The Morgan fingerprint density at radius 1 is 0.949 bits per heavy atom. The number of carbonyl (C=O) groups is 1. The second kappa shape index (κ2) is 10.1. The Balaban J connectivity index is 1.29. The van der Waals surface area contributed by atoms with Gasteiger partial charge in [0.2, 0.25) is 5.82 Å². The van der Waals surface area contributed by atoms with Crippen molar-refractivity contribution in [2.24, 2.45) is 5.10 Å². The van der Waals surface area contributed by atoms with Crippen LogP contribution in [0.25, 0.3) is 33.5 Å². The third kappa shape index (κ3) is 4.91. The smallest absolute Gasteiger partial charge is 0.335 e. The summed E-state index contributed by atoms with van der Waals surface area (Å²) in [6.45, 7) is 0.230. The maximum atomic E-state index is 13.4. The van der Waals surface area contributed by atoms with E-state index < -0.39 is 5.97 Å². The summed E-state index contributed by atoms with van der Waals surface area (Å²) in [7, 11) is 0. The van der Waals surface area contributed by atoms with Gasteiger partial charge in [-0.15, -0.1) is 0 Å². The number of nitrogens with zero attached hydrogens (tertiary/aromatic N) is 3. The summed E-state index contributed by atoms with van der Waals surface area (Å²) in [5.74, 6) is 0.367. The van der Waals surface area contributed by atoms with Gasteiger partial charge in [-0.05, 0) is 71.8 Å². The molecule has 0 aliphatic rings. The molecule has 2 aromatic heterocycles. The maximum absolute atomic E-state index is 13.4. The van der Waals surface area contributed by atoms with E-state index in [4.69, 9.17) is 19.2 Å². The quantitative estimate of drug-likeness (QED) is 0.263. The molecule has 0 atom stereocenters. The molecule has 0 amide bonds. The number of carboxylic acid groups (broad SMARTS) is 1. The molecule has 0 saturated carbocycles. The Labute approximate surface area is 222 Å². The van der Waals surface area contributed by atoms with Gasteiger partial charge in [-0.25, -0.2) is 9.78 Å². The monoisotopic (exact) mass is 515 g/mol. The molecule has 0 bridgehead atoms. The Kier molecular flexibility index (Phi) is 6.18. The molecule has 8 nitrogen and oxygen atoms in total. The van der Waals surface area contributed by atoms with Crippen molar-refractivity contribution >= 4 is 34.1 Å². The summed E-state index contributed by atoms with van der Waals surface area (Å²) >= 11 is 0. The van der Waals surface area contributed by atoms with E-state index in [1.165, 1.54) is 10.7 Å². The highest BCUT2D eigenvalue weighted by Crippen LogP contribution is 2.27. The van der Waals surface area contributed by atoms with Crippen molar-refractivity contribution in [2.45, 2.75) is 6.61 Å². The van der Waals surface area contributed by atoms with E-state index in [1.54, 1.807) is 48.7 Å². The van der Waals surface area contributed by atoms with Crippen LogP contribution in [0.1, 0.15) is 21.5 Å². The molecule has 6 aromatic rings. The fourth-order valence-electron chi connectivity index (χ4n) is 4.22. The highest BCUT2D eigenvalue weighted by molar-refractivity contribution is 5.88. The predicted octanol–water partition coefficient (Wildman–Crippen LogP) is 5.97. The zero-order valence-electron chi connectivity index (χ0n) is 20.5. The third-order valence-electron chi connectivity index (χ3n) is 6.18. The molecule has 4 aromatic carbocycles. The van der Waals surface area contributed by atoms with Crippen LogP contribution in [0.4, 0.5) is 0 Å². The first-order valence-corrected chi connectivity index (χ1v) is 12.2. The average molecular weight is 516 g/mol. The summed E-state index contributed by atoms with van der Waals surface area (Å²) in [4.78, 5) is 29.3. The summed E-state index contributed by atoms with van der Waals surface area (Å²) in [5.41, 5.74) is 2.64. The Morgan fingerprint density at radius 2 is 1.74 bits per heavy atom. The number of hydrogen-bond acceptors (Lipinski definition) is 6. The Bertz CT molecular complexity index is 1890. The minimum Gasteiger partial charge on any atom is -0.489 e. The summed E-state index contributed by atoms with van der Waals surface area (Å²) in [6, 6.07) is 30.4. The molecule has 0 aliphatic carbocycles. The van der Waals surface area contributed by atoms with Crippen LogP contribution < -0.4 is 10.3 Å². The van der Waals surface area contributed by atoms with Gasteiger partial charge in [0.05, 0.1) is 22.7 Å². The van der Waals surface area contributed by atoms with Gasteiger partial charge in [-0.1, -0.05) is 42.5 Å². The lowest BCUT2D eigenvalue weighted by molar-refractivity contribution is 0.0696. The largest absolute Gasteiger partial charge is 0.489 e. The van der Waals surface area contributed by atoms with Gasteiger partial charge in [0.25, 0.3) is 5.56 Å². The van der Waals surface area contributed by atoms with Gasteiger partial charge in [0.15, 0.2) is 5.76 Å². The van der Waals surface area contributed by atoms with Crippen molar-refractivity contribution in [3.63, 3.8) is 0 Å². The summed E-state index contributed by atoms with van der Waals surface area (Å²) < 4.78 is 13.1. The molecule has 6 rings (SSSR count). The van der Waals surface area contributed by atoms with Crippen LogP contribution in [0, 0.1) is 0 Å². The number of para-hydroxylation sites is 2. The van der Waals surface area contributed by atoms with E-state index >= 15 is 0 Å². The van der Waals surface area contributed by atoms with Crippen LogP contribution in [0.3, 0.4) is 0 Å². The first-order chi connectivity index (χ1) is 19.0. The fraction of sp³-hybridized carbons (Fsp3) is 0.0323. The summed E-state index contributed by atoms with van der Waals surface area (Å²) in [5, 5.41) is 15.0. The summed E-state index contributed by atoms with van der Waals surface area (Å²) in [6.07, 6.45) is 1.57. The van der Waals surface area contributed by atoms with Gasteiger partial charge < -0.3 is 14.3 Å². The van der Waals surface area contributed by atoms with Crippen LogP contribution in [0.15, 0.2) is 117 Å². The first kappa shape index (κ1) is 23.9. The molecule has 0 spiro atoms. The van der Waals surface area contributed by atoms with Crippen molar-refractivity contribution in [3.8, 4) is 17.3 Å². The number of ether oxygens (including phenoxy) is 1. The van der Waals surface area contributed by atoms with Crippen molar-refractivity contribution < 1.29 is 19.1 Å². The van der Waals surface area contributed by atoms with Gasteiger partial charge in [-0.3, -0.25) is 4.79 Å². The van der Waals surface area contributed by atoms with E-state index in [0.29, 0.717) is 33.8 Å². The van der Waals surface area contributed by atoms with Crippen molar-refractivity contribution in [3.05, 3.63) is 130 Å². The second-order valence-electron chi connectivity index (χ2n) is 8.83. The molecule has 0 fully saturated rings. The highest BCUT2D eigenvalue weighted by atomic mass is 16.5. The molecule has 0 unspecified atom stereocenters. The minimum absolute atomic E-state index is 0.211. The van der Waals surface area contributed by atoms with Crippen molar-refractivity contribution in [2.75, 3.05) is 0 Å². The fourth-order valence-corrected chi connectivity index (χ4v) is 4.22. The van der Waals surface area contributed by atoms with Crippen LogP contribution in [0.2, 0.25) is 0 Å². The number of aromatic nitrogens is 2. The van der Waals surface area contributed by atoms with E-state index in [-0.39, 0.29) is 17.7 Å². The van der Waals surface area contributed by atoms with Crippen LogP contribution >= 0.6 is 0 Å². The Hall–Kier alpha value is -5.50. The Morgan fingerprint density at radius 3 is 2.56 bits per heavy atom. The lowest BCUT2D eigenvalue weighted by Crippen LogP contribution is -2.20. The molecule has 0 saturated heterocycles. The van der Waals surface area contributed by atoms with E-state index in [0.717, 1.165) is 16.5 Å². The lowest BCUT2D eigenvalue weighted by Gasteiger charge is -2.08. The zero-order chi connectivity index (χ0) is 26.8. The lowest BCUT2D eigenvalue weighted by atomic mass is 10.1. The standard InChI is InChI=1S/C31H21N3O5/c35-30-25-9-2-3-10-26(25)33-29(28-17-22-7-1-4-11-27(22)39-28)34(30)32-18-20-12-14-24(15-13-20)38-19-21-6-5-8-23(16-21)31(36)37/h1-18H,19H2,(H,36,37). The second-order valence-corrected chi connectivity index (χ2v) is 8.83. The predicted molar refractivity (Wildman–Crippen MR) is 148 cm³/mol. The number of furan rings is 1. The van der Waals surface area contributed by atoms with Crippen LogP contribution in [0.5, 0.6) is 5.75 Å². The molecule has 1 N–H and O–H groups in total. The first-order valence-electron chi connectivity index (χ1n) is 12.2. The number of carboxylic acids is 1. The minimum atomic E-state index is -0.982. The topological polar surface area (TPSA) is 107 Å². The molecular weight excluding hydrogens is 494 g/mol. The van der Waals surface area contributed by atoms with Crippen molar-refractivity contribution in [1.29, 1.82) is 0 Å². The molecule has 0 aliphatic heterocycles. The van der Waals surface area contributed by atoms with Crippen molar-refractivity contribution in [1.82, 2.24) is 9.66 Å².